The van der Waals surface area contributed by atoms with Crippen LogP contribution in [0.4, 0.5) is 13.2 Å². The first kappa shape index (κ1) is 16.3. The van der Waals surface area contributed by atoms with Crippen molar-refractivity contribution in [3.8, 4) is 0 Å². The van der Waals surface area contributed by atoms with Crippen molar-refractivity contribution in [2.24, 2.45) is 5.92 Å². The summed E-state index contributed by atoms with van der Waals surface area (Å²) in [5.41, 5.74) is 0.123. The van der Waals surface area contributed by atoms with Crippen LogP contribution in [0, 0.1) is 5.92 Å². The first-order chi connectivity index (χ1) is 9.90. The first-order valence-electron chi connectivity index (χ1n) is 7.47. The fraction of sp³-hybridized carbons (Fsp3) is 0.625. The van der Waals surface area contributed by atoms with Crippen molar-refractivity contribution in [2.75, 3.05) is 26.7 Å². The predicted molar refractivity (Wildman–Crippen MR) is 78.1 cm³/mol. The maximum Gasteiger partial charge on any atom is 0.416 e. The van der Waals surface area contributed by atoms with Gasteiger partial charge in [0.05, 0.1) is 5.56 Å². The second-order valence-electron chi connectivity index (χ2n) is 5.97. The molecular weight excluding hydrogens is 277 g/mol. The number of halogens is 3. The monoisotopic (exact) mass is 300 g/mol. The van der Waals surface area contributed by atoms with Gasteiger partial charge in [-0.3, -0.25) is 0 Å². The number of rotatable bonds is 4. The predicted octanol–water partition coefficient (Wildman–Crippen LogP) is 3.70. The molecule has 2 unspecified atom stereocenters. The fourth-order valence-electron chi connectivity index (χ4n) is 3.01. The Morgan fingerprint density at radius 1 is 1.38 bits per heavy atom. The van der Waals surface area contributed by atoms with Gasteiger partial charge in [0.15, 0.2) is 0 Å². The van der Waals surface area contributed by atoms with Gasteiger partial charge in [-0.05, 0) is 50.0 Å². The van der Waals surface area contributed by atoms with E-state index < -0.39 is 11.7 Å². The summed E-state index contributed by atoms with van der Waals surface area (Å²) in [6, 6.07) is 5.57. The van der Waals surface area contributed by atoms with Gasteiger partial charge in [0.1, 0.15) is 0 Å². The van der Waals surface area contributed by atoms with Crippen LogP contribution in [0.5, 0.6) is 0 Å². The molecule has 0 aliphatic carbocycles. The van der Waals surface area contributed by atoms with E-state index in [0.717, 1.165) is 25.7 Å². The van der Waals surface area contributed by atoms with E-state index in [1.807, 2.05) is 0 Å². The van der Waals surface area contributed by atoms with Crippen LogP contribution in [0.2, 0.25) is 0 Å². The lowest BCUT2D eigenvalue weighted by Crippen LogP contribution is -2.39. The average molecular weight is 300 g/mol. The average Bonchev–Trinajstić information content (AvgIpc) is 2.44. The van der Waals surface area contributed by atoms with Crippen LogP contribution in [0.3, 0.4) is 0 Å². The Hall–Kier alpha value is -1.07. The Bertz CT molecular complexity index is 459. The van der Waals surface area contributed by atoms with Crippen molar-refractivity contribution >= 4 is 0 Å². The van der Waals surface area contributed by atoms with Crippen molar-refractivity contribution in [3.63, 3.8) is 0 Å². The Balaban J connectivity index is 2.10. The molecule has 1 N–H and O–H groups in total. The van der Waals surface area contributed by atoms with Crippen LogP contribution in [0.15, 0.2) is 24.3 Å². The molecule has 1 aliphatic rings. The standard InChI is InChI=1S/C16H23F3N2/c1-12-5-4-8-21(10-12)11-15(20-2)13-6-3-7-14(9-13)16(17,18)19/h3,6-7,9,12,15,20H,4-5,8,10-11H2,1-2H3. The molecule has 21 heavy (non-hydrogen) atoms. The summed E-state index contributed by atoms with van der Waals surface area (Å²) in [5, 5.41) is 3.15. The number of hydrogen-bond donors (Lipinski definition) is 1. The molecule has 1 heterocycles. The molecule has 0 aromatic heterocycles. The smallest absolute Gasteiger partial charge is 0.312 e. The number of likely N-dealkylation sites (tertiary alicyclic amines) is 1. The van der Waals surface area contributed by atoms with E-state index in [-0.39, 0.29) is 6.04 Å². The van der Waals surface area contributed by atoms with Crippen molar-refractivity contribution < 1.29 is 13.2 Å². The SMILES string of the molecule is CNC(CN1CCCC(C)C1)c1cccc(C(F)(F)F)c1. The van der Waals surface area contributed by atoms with Crippen LogP contribution < -0.4 is 5.32 Å². The lowest BCUT2D eigenvalue weighted by Gasteiger charge is -2.33. The molecule has 0 spiro atoms. The number of hydrogen-bond acceptors (Lipinski definition) is 2. The molecule has 2 rings (SSSR count). The van der Waals surface area contributed by atoms with Gasteiger partial charge < -0.3 is 10.2 Å². The highest BCUT2D eigenvalue weighted by atomic mass is 19.4. The van der Waals surface area contributed by atoms with Crippen molar-refractivity contribution in [1.29, 1.82) is 0 Å². The summed E-state index contributed by atoms with van der Waals surface area (Å²) in [6.45, 7) is 5.03. The normalized spacial score (nSPS) is 22.2. The molecule has 0 bridgehead atoms. The fourth-order valence-corrected chi connectivity index (χ4v) is 3.01. The molecule has 1 aromatic rings. The van der Waals surface area contributed by atoms with Crippen LogP contribution in [-0.2, 0) is 6.18 Å². The quantitative estimate of drug-likeness (QED) is 0.912. The van der Waals surface area contributed by atoms with Gasteiger partial charge in [0.25, 0.3) is 0 Å². The summed E-state index contributed by atoms with van der Waals surface area (Å²) in [6.07, 6.45) is -1.88. The van der Waals surface area contributed by atoms with Crippen molar-refractivity contribution in [1.82, 2.24) is 10.2 Å². The van der Waals surface area contributed by atoms with E-state index in [1.54, 1.807) is 13.1 Å². The Labute approximate surface area is 124 Å². The van der Waals surface area contributed by atoms with Gasteiger partial charge in [-0.15, -0.1) is 0 Å². The van der Waals surface area contributed by atoms with E-state index in [9.17, 15) is 13.2 Å². The highest BCUT2D eigenvalue weighted by Gasteiger charge is 2.31. The molecule has 0 radical (unpaired) electrons. The molecule has 118 valence electrons. The number of likely N-dealkylation sites (N-methyl/N-ethyl adjacent to an activating group) is 1. The number of nitrogens with one attached hydrogen (secondary N) is 1. The van der Waals surface area contributed by atoms with Gasteiger partial charge in [-0.25, -0.2) is 0 Å². The first-order valence-corrected chi connectivity index (χ1v) is 7.47. The summed E-state index contributed by atoms with van der Waals surface area (Å²) >= 11 is 0. The summed E-state index contributed by atoms with van der Waals surface area (Å²) in [4.78, 5) is 2.34. The summed E-state index contributed by atoms with van der Waals surface area (Å²) < 4.78 is 38.4. The van der Waals surface area contributed by atoms with Gasteiger partial charge in [-0.1, -0.05) is 19.1 Å². The zero-order valence-electron chi connectivity index (χ0n) is 12.6. The number of benzene rings is 1. The Morgan fingerprint density at radius 3 is 2.76 bits per heavy atom. The second kappa shape index (κ2) is 6.79. The topological polar surface area (TPSA) is 15.3 Å². The van der Waals surface area contributed by atoms with Crippen LogP contribution in [0.25, 0.3) is 0 Å². The van der Waals surface area contributed by atoms with E-state index in [1.165, 1.54) is 25.0 Å². The molecule has 2 nitrogen and oxygen atoms in total. The maximum atomic E-state index is 12.8. The van der Waals surface area contributed by atoms with Gasteiger partial charge in [0, 0.05) is 19.1 Å². The van der Waals surface area contributed by atoms with Gasteiger partial charge >= 0.3 is 6.18 Å². The van der Waals surface area contributed by atoms with Crippen molar-refractivity contribution in [2.45, 2.75) is 32.0 Å². The minimum Gasteiger partial charge on any atom is -0.312 e. The minimum absolute atomic E-state index is 0.0717. The number of piperidine rings is 1. The molecule has 0 saturated carbocycles. The van der Waals surface area contributed by atoms with Crippen LogP contribution in [0.1, 0.15) is 36.9 Å². The zero-order chi connectivity index (χ0) is 15.5. The molecule has 1 saturated heterocycles. The third-order valence-corrected chi connectivity index (χ3v) is 4.15. The molecule has 1 fully saturated rings. The number of nitrogens with zero attached hydrogens (tertiary/aromatic N) is 1. The molecule has 5 heteroatoms. The Morgan fingerprint density at radius 2 is 2.14 bits per heavy atom. The molecule has 1 aromatic carbocycles. The highest BCUT2D eigenvalue weighted by Crippen LogP contribution is 2.31. The lowest BCUT2D eigenvalue weighted by molar-refractivity contribution is -0.137. The van der Waals surface area contributed by atoms with Crippen LogP contribution in [-0.4, -0.2) is 31.6 Å². The largest absolute Gasteiger partial charge is 0.416 e. The van der Waals surface area contributed by atoms with E-state index in [2.05, 4.69) is 17.1 Å². The summed E-state index contributed by atoms with van der Waals surface area (Å²) in [7, 11) is 1.80. The summed E-state index contributed by atoms with van der Waals surface area (Å²) in [5.74, 6) is 0.665. The zero-order valence-corrected chi connectivity index (χ0v) is 12.6. The third kappa shape index (κ3) is 4.45. The van der Waals surface area contributed by atoms with E-state index >= 15 is 0 Å². The number of alkyl halides is 3. The molecule has 0 amide bonds. The van der Waals surface area contributed by atoms with Crippen LogP contribution >= 0.6 is 0 Å². The lowest BCUT2D eigenvalue weighted by atomic mass is 9.98. The van der Waals surface area contributed by atoms with E-state index in [0.29, 0.717) is 11.5 Å². The van der Waals surface area contributed by atoms with E-state index in [4.69, 9.17) is 0 Å². The minimum atomic E-state index is -4.28. The molecule has 2 atom stereocenters. The van der Waals surface area contributed by atoms with Crippen molar-refractivity contribution in [3.05, 3.63) is 35.4 Å². The second-order valence-corrected chi connectivity index (χ2v) is 5.97. The van der Waals surface area contributed by atoms with Gasteiger partial charge in [-0.2, -0.15) is 13.2 Å². The molecular formula is C16H23F3N2. The maximum absolute atomic E-state index is 12.8. The molecule has 1 aliphatic heterocycles. The third-order valence-electron chi connectivity index (χ3n) is 4.15. The van der Waals surface area contributed by atoms with Gasteiger partial charge in [0.2, 0.25) is 0 Å². The Kier molecular flexibility index (Phi) is 5.27. The highest BCUT2D eigenvalue weighted by molar-refractivity contribution is 5.28.